The van der Waals surface area contributed by atoms with Gasteiger partial charge in [0.1, 0.15) is 0 Å². The minimum absolute atomic E-state index is 0.462. The summed E-state index contributed by atoms with van der Waals surface area (Å²) in [4.78, 5) is 0.462. The molecule has 5 nitrogen and oxygen atoms in total. The molecule has 0 aromatic carbocycles. The van der Waals surface area contributed by atoms with Gasteiger partial charge in [0.2, 0.25) is 0 Å². The predicted molar refractivity (Wildman–Crippen MR) is 55.3 cm³/mol. The number of hydrogen-bond acceptors (Lipinski definition) is 4. The van der Waals surface area contributed by atoms with Crippen LogP contribution in [0.25, 0.3) is 5.65 Å². The van der Waals surface area contributed by atoms with Gasteiger partial charge in [0, 0.05) is 11.2 Å². The van der Waals surface area contributed by atoms with E-state index in [2.05, 4.69) is 43.5 Å². The number of nitrogens with zero attached hydrogens (tertiary/aromatic N) is 5. The average molecular weight is 256 g/mol. The van der Waals surface area contributed by atoms with E-state index in [1.807, 2.05) is 12.1 Å². The van der Waals surface area contributed by atoms with Gasteiger partial charge in [-0.1, -0.05) is 22.9 Å². The van der Waals surface area contributed by atoms with E-state index in [0.717, 1.165) is 18.5 Å². The molecule has 1 atom stereocenters. The van der Waals surface area contributed by atoms with Crippen LogP contribution >= 0.6 is 15.9 Å². The summed E-state index contributed by atoms with van der Waals surface area (Å²) < 4.78 is 1.45. The van der Waals surface area contributed by atoms with Crippen molar-refractivity contribution in [3.63, 3.8) is 0 Å². The van der Waals surface area contributed by atoms with E-state index in [1.54, 1.807) is 0 Å². The minimum Gasteiger partial charge on any atom is -0.152 e. The molecule has 2 rings (SSSR count). The van der Waals surface area contributed by atoms with E-state index >= 15 is 0 Å². The smallest absolute Gasteiger partial charge is 0.152 e. The van der Waals surface area contributed by atoms with Crippen LogP contribution in [0.1, 0.15) is 19.0 Å². The van der Waals surface area contributed by atoms with Crippen molar-refractivity contribution in [2.75, 3.05) is 0 Å². The first-order valence-electron chi connectivity index (χ1n) is 4.48. The average Bonchev–Trinajstić information content (AvgIpc) is 2.64. The van der Waals surface area contributed by atoms with Gasteiger partial charge in [-0.2, -0.15) is 5.10 Å². The first kappa shape index (κ1) is 9.51. The number of alkyl halides is 1. The molecule has 2 aromatic rings. The molecular formula is C8H10BrN5. The van der Waals surface area contributed by atoms with Crippen molar-refractivity contribution in [3.05, 3.63) is 17.8 Å². The normalized spacial score (nSPS) is 13.3. The molecule has 2 aromatic heterocycles. The molecule has 0 aliphatic heterocycles. The summed E-state index contributed by atoms with van der Waals surface area (Å²) in [6, 6.07) is 3.83. The van der Waals surface area contributed by atoms with E-state index in [9.17, 15) is 0 Å². The van der Waals surface area contributed by atoms with Crippen molar-refractivity contribution < 1.29 is 0 Å². The molecule has 2 heterocycles. The zero-order valence-electron chi connectivity index (χ0n) is 7.76. The lowest BCUT2D eigenvalue weighted by molar-refractivity contribution is 0.695. The van der Waals surface area contributed by atoms with Crippen LogP contribution in [0.15, 0.2) is 12.1 Å². The van der Waals surface area contributed by atoms with Gasteiger partial charge in [-0.15, -0.1) is 9.73 Å². The summed E-state index contributed by atoms with van der Waals surface area (Å²) in [7, 11) is 0. The fourth-order valence-electron chi connectivity index (χ4n) is 1.17. The molecule has 0 amide bonds. The molecule has 14 heavy (non-hydrogen) atoms. The van der Waals surface area contributed by atoms with Crippen LogP contribution < -0.4 is 0 Å². The molecule has 0 bridgehead atoms. The first-order valence-corrected chi connectivity index (χ1v) is 5.39. The van der Waals surface area contributed by atoms with Gasteiger partial charge >= 0.3 is 0 Å². The zero-order chi connectivity index (χ0) is 9.97. The van der Waals surface area contributed by atoms with E-state index < -0.39 is 0 Å². The molecule has 0 spiro atoms. The molecule has 0 saturated heterocycles. The molecule has 0 radical (unpaired) electrons. The lowest BCUT2D eigenvalue weighted by atomic mass is 10.2. The van der Waals surface area contributed by atoms with E-state index in [1.165, 1.54) is 4.63 Å². The Morgan fingerprint density at radius 1 is 1.50 bits per heavy atom. The molecule has 1 unspecified atom stereocenters. The Hall–Kier alpha value is -1.04. The Bertz CT molecular complexity index is 426. The quantitative estimate of drug-likeness (QED) is 0.775. The maximum absolute atomic E-state index is 4.27. The third kappa shape index (κ3) is 1.89. The Labute approximate surface area is 89.6 Å². The minimum atomic E-state index is 0.462. The Balaban J connectivity index is 2.25. The summed E-state index contributed by atoms with van der Waals surface area (Å²) in [5.41, 5.74) is 1.67. The highest BCUT2D eigenvalue weighted by atomic mass is 79.9. The number of fused-ring (bicyclic) bond motifs is 1. The number of rotatable bonds is 3. The third-order valence-electron chi connectivity index (χ3n) is 2.00. The molecule has 0 N–H and O–H groups in total. The predicted octanol–water partition coefficient (Wildman–Crippen LogP) is 1.24. The van der Waals surface area contributed by atoms with E-state index in [-0.39, 0.29) is 0 Å². The molecule has 6 heteroatoms. The number of halogens is 1. The highest BCUT2D eigenvalue weighted by Crippen LogP contribution is 2.11. The molecule has 0 fully saturated rings. The second kappa shape index (κ2) is 4.00. The van der Waals surface area contributed by atoms with Gasteiger partial charge in [-0.3, -0.25) is 0 Å². The van der Waals surface area contributed by atoms with E-state index in [4.69, 9.17) is 0 Å². The van der Waals surface area contributed by atoms with Gasteiger partial charge in [0.25, 0.3) is 0 Å². The van der Waals surface area contributed by atoms with Crippen molar-refractivity contribution in [1.29, 1.82) is 0 Å². The maximum atomic E-state index is 4.27. The molecule has 74 valence electrons. The Morgan fingerprint density at radius 2 is 2.36 bits per heavy atom. The summed E-state index contributed by atoms with van der Waals surface area (Å²) in [6.07, 6.45) is 1.97. The third-order valence-corrected chi connectivity index (χ3v) is 2.97. The standard InChI is InChI=1S/C8H10BrN5/c1-2-6(9)5-7-3-4-8-10-12-13-14(8)11-7/h3-4,6H,2,5H2,1H3. The summed E-state index contributed by atoms with van der Waals surface area (Å²) in [5.74, 6) is 0. The summed E-state index contributed by atoms with van der Waals surface area (Å²) in [5, 5.41) is 15.3. The second-order valence-corrected chi connectivity index (χ2v) is 4.36. The summed E-state index contributed by atoms with van der Waals surface area (Å²) >= 11 is 3.57. The lowest BCUT2D eigenvalue weighted by Gasteiger charge is -2.04. The fraction of sp³-hybridized carbons (Fsp3) is 0.500. The van der Waals surface area contributed by atoms with Crippen LogP contribution in [-0.4, -0.2) is 30.1 Å². The van der Waals surface area contributed by atoms with Gasteiger partial charge in [0.05, 0.1) is 5.69 Å². The maximum Gasteiger partial charge on any atom is 0.199 e. The van der Waals surface area contributed by atoms with E-state index in [0.29, 0.717) is 10.5 Å². The fourth-order valence-corrected chi connectivity index (χ4v) is 1.50. The van der Waals surface area contributed by atoms with Crippen LogP contribution in [0, 0.1) is 0 Å². The Morgan fingerprint density at radius 3 is 3.14 bits per heavy atom. The summed E-state index contributed by atoms with van der Waals surface area (Å²) in [6.45, 7) is 2.13. The van der Waals surface area contributed by atoms with Crippen molar-refractivity contribution in [1.82, 2.24) is 25.3 Å². The van der Waals surface area contributed by atoms with Gasteiger partial charge in [-0.05, 0) is 29.0 Å². The van der Waals surface area contributed by atoms with Crippen LogP contribution in [0.4, 0.5) is 0 Å². The highest BCUT2D eigenvalue weighted by Gasteiger charge is 2.05. The molecule has 0 aliphatic carbocycles. The molecule has 0 aliphatic rings. The van der Waals surface area contributed by atoms with Crippen molar-refractivity contribution >= 4 is 21.6 Å². The Kier molecular flexibility index (Phi) is 2.72. The van der Waals surface area contributed by atoms with Gasteiger partial charge in [-0.25, -0.2) is 0 Å². The highest BCUT2D eigenvalue weighted by molar-refractivity contribution is 9.09. The van der Waals surface area contributed by atoms with Crippen LogP contribution in [-0.2, 0) is 6.42 Å². The van der Waals surface area contributed by atoms with Gasteiger partial charge in [0.15, 0.2) is 5.65 Å². The van der Waals surface area contributed by atoms with Crippen LogP contribution in [0.3, 0.4) is 0 Å². The topological polar surface area (TPSA) is 56.0 Å². The van der Waals surface area contributed by atoms with Gasteiger partial charge < -0.3 is 0 Å². The second-order valence-electron chi connectivity index (χ2n) is 3.06. The largest absolute Gasteiger partial charge is 0.199 e. The van der Waals surface area contributed by atoms with Crippen molar-refractivity contribution in [2.45, 2.75) is 24.6 Å². The monoisotopic (exact) mass is 255 g/mol. The van der Waals surface area contributed by atoms with Crippen molar-refractivity contribution in [2.24, 2.45) is 0 Å². The molecular weight excluding hydrogens is 246 g/mol. The molecule has 0 saturated carbocycles. The number of hydrogen-bond donors (Lipinski definition) is 0. The van der Waals surface area contributed by atoms with Crippen LogP contribution in [0.2, 0.25) is 0 Å². The number of aromatic nitrogens is 5. The van der Waals surface area contributed by atoms with Crippen molar-refractivity contribution in [3.8, 4) is 0 Å². The zero-order valence-corrected chi connectivity index (χ0v) is 9.35. The van der Waals surface area contributed by atoms with Crippen LogP contribution in [0.5, 0.6) is 0 Å². The first-order chi connectivity index (χ1) is 6.79. The lowest BCUT2D eigenvalue weighted by Crippen LogP contribution is -2.06. The number of tetrazole rings is 1. The SMILES string of the molecule is CCC(Br)Cc1ccc2nnnn2n1.